The van der Waals surface area contributed by atoms with E-state index in [1.807, 2.05) is 41.1 Å². The van der Waals surface area contributed by atoms with E-state index in [1.54, 1.807) is 12.4 Å². The van der Waals surface area contributed by atoms with Crippen molar-refractivity contribution < 1.29 is 30.0 Å². The molecule has 10 nitrogen and oxygen atoms in total. The molecular weight excluding hydrogens is 512 g/mol. The first-order valence-corrected chi connectivity index (χ1v) is 12.6. The van der Waals surface area contributed by atoms with E-state index < -0.39 is 17.9 Å². The first-order valence-electron chi connectivity index (χ1n) is 12.6. The molecule has 0 unspecified atom stereocenters. The summed E-state index contributed by atoms with van der Waals surface area (Å²) in [5.41, 5.74) is 2.92. The summed E-state index contributed by atoms with van der Waals surface area (Å²) in [5.74, 6) is -1.99. The van der Waals surface area contributed by atoms with Gasteiger partial charge in [-0.2, -0.15) is 0 Å². The van der Waals surface area contributed by atoms with Gasteiger partial charge < -0.3 is 35.6 Å². The van der Waals surface area contributed by atoms with Crippen molar-refractivity contribution in [1.29, 1.82) is 0 Å². The summed E-state index contributed by atoms with van der Waals surface area (Å²) in [4.78, 5) is 30.2. The highest BCUT2D eigenvalue weighted by Crippen LogP contribution is 2.26. The molecule has 206 valence electrons. The van der Waals surface area contributed by atoms with Crippen molar-refractivity contribution in [1.82, 2.24) is 20.2 Å². The number of aromatic nitrogens is 2. The SMILES string of the molecule is O=C(/C=C/c1ccc(O)c(O)c1)N[C@@H](Cc1cn(Cc2ccccc2)cn1)C(=O)NCCc1ccc(O)c(O)c1. The van der Waals surface area contributed by atoms with Crippen molar-refractivity contribution in [3.63, 3.8) is 0 Å². The number of aromatic hydroxyl groups is 4. The van der Waals surface area contributed by atoms with E-state index in [-0.39, 0.29) is 36.0 Å². The van der Waals surface area contributed by atoms with Crippen molar-refractivity contribution in [2.75, 3.05) is 6.54 Å². The fraction of sp³-hybridized carbons (Fsp3) is 0.167. The predicted molar refractivity (Wildman–Crippen MR) is 149 cm³/mol. The van der Waals surface area contributed by atoms with Gasteiger partial charge in [-0.1, -0.05) is 42.5 Å². The number of nitrogens with zero attached hydrogens (tertiary/aromatic N) is 2. The highest BCUT2D eigenvalue weighted by atomic mass is 16.3. The third-order valence-electron chi connectivity index (χ3n) is 6.12. The lowest BCUT2D eigenvalue weighted by Gasteiger charge is -2.17. The number of phenolic OH excluding ortho intramolecular Hbond substituents is 4. The van der Waals surface area contributed by atoms with Crippen LogP contribution < -0.4 is 10.6 Å². The Hall–Kier alpha value is -5.25. The molecule has 0 spiro atoms. The summed E-state index contributed by atoms with van der Waals surface area (Å²) in [6.07, 6.45) is 6.74. The first-order chi connectivity index (χ1) is 19.3. The molecule has 0 aliphatic carbocycles. The van der Waals surface area contributed by atoms with Crippen LogP contribution in [0.3, 0.4) is 0 Å². The number of phenols is 4. The van der Waals surface area contributed by atoms with Crippen molar-refractivity contribution in [2.45, 2.75) is 25.4 Å². The lowest BCUT2D eigenvalue weighted by Crippen LogP contribution is -2.48. The third kappa shape index (κ3) is 7.87. The molecule has 3 aromatic carbocycles. The standard InChI is InChI=1S/C30H30N4O6/c35-25-9-6-20(14-27(25)37)8-11-29(39)33-24(30(40)31-13-12-21-7-10-26(36)28(38)15-21)16-23-18-34(19-32-23)17-22-4-2-1-3-5-22/h1-11,14-15,18-19,24,35-38H,12-13,16-17H2,(H,31,40)(H,33,39)/b11-8+/t24-/m0/s1. The van der Waals surface area contributed by atoms with Gasteiger partial charge in [0.05, 0.1) is 12.0 Å². The minimum atomic E-state index is -0.932. The largest absolute Gasteiger partial charge is 0.504 e. The number of carbonyl (C=O) groups is 2. The van der Waals surface area contributed by atoms with E-state index in [2.05, 4.69) is 15.6 Å². The van der Waals surface area contributed by atoms with Gasteiger partial charge in [0.2, 0.25) is 11.8 Å². The van der Waals surface area contributed by atoms with Gasteiger partial charge in [0.1, 0.15) is 6.04 Å². The smallest absolute Gasteiger partial charge is 0.244 e. The second-order valence-electron chi connectivity index (χ2n) is 9.23. The lowest BCUT2D eigenvalue weighted by atomic mass is 10.1. The second kappa shape index (κ2) is 13.0. The molecule has 1 heterocycles. The Labute approximate surface area is 230 Å². The number of carbonyl (C=O) groups excluding carboxylic acids is 2. The summed E-state index contributed by atoms with van der Waals surface area (Å²) < 4.78 is 1.90. The van der Waals surface area contributed by atoms with Crippen LogP contribution in [0.1, 0.15) is 22.4 Å². The maximum absolute atomic E-state index is 13.1. The van der Waals surface area contributed by atoms with Crippen LogP contribution in [0.4, 0.5) is 0 Å². The number of rotatable bonds is 11. The zero-order valence-electron chi connectivity index (χ0n) is 21.6. The van der Waals surface area contributed by atoms with E-state index in [4.69, 9.17) is 0 Å². The molecule has 0 saturated carbocycles. The van der Waals surface area contributed by atoms with Crippen LogP contribution >= 0.6 is 0 Å². The van der Waals surface area contributed by atoms with Crippen molar-refractivity contribution in [2.24, 2.45) is 0 Å². The number of amides is 2. The number of nitrogens with one attached hydrogen (secondary N) is 2. The Morgan fingerprint density at radius 1 is 0.875 bits per heavy atom. The van der Waals surface area contributed by atoms with Gasteiger partial charge in [0, 0.05) is 31.8 Å². The molecule has 2 amide bonds. The van der Waals surface area contributed by atoms with Crippen LogP contribution in [-0.4, -0.2) is 54.4 Å². The maximum atomic E-state index is 13.1. The molecule has 0 aliphatic heterocycles. The number of hydrogen-bond acceptors (Lipinski definition) is 7. The number of hydrogen-bond donors (Lipinski definition) is 6. The maximum Gasteiger partial charge on any atom is 0.244 e. The molecule has 4 rings (SSSR count). The molecule has 40 heavy (non-hydrogen) atoms. The molecular formula is C30H30N4O6. The number of imidazole rings is 1. The van der Waals surface area contributed by atoms with Crippen LogP contribution in [-0.2, 0) is 29.0 Å². The molecule has 0 bridgehead atoms. The van der Waals surface area contributed by atoms with E-state index in [1.165, 1.54) is 42.5 Å². The molecule has 0 radical (unpaired) electrons. The first kappa shape index (κ1) is 27.8. The van der Waals surface area contributed by atoms with Crippen LogP contribution in [0.25, 0.3) is 6.08 Å². The van der Waals surface area contributed by atoms with Crippen molar-refractivity contribution in [3.05, 3.63) is 108 Å². The van der Waals surface area contributed by atoms with Crippen LogP contribution in [0.15, 0.2) is 85.3 Å². The normalized spacial score (nSPS) is 11.8. The van der Waals surface area contributed by atoms with Crippen molar-refractivity contribution in [3.8, 4) is 23.0 Å². The Bertz CT molecular complexity index is 1500. The summed E-state index contributed by atoms with van der Waals surface area (Å²) >= 11 is 0. The van der Waals surface area contributed by atoms with E-state index in [0.717, 1.165) is 11.1 Å². The molecule has 0 aliphatic rings. The quantitative estimate of drug-likeness (QED) is 0.126. The molecule has 0 fully saturated rings. The van der Waals surface area contributed by atoms with E-state index >= 15 is 0 Å². The second-order valence-corrected chi connectivity index (χ2v) is 9.23. The highest BCUT2D eigenvalue weighted by molar-refractivity contribution is 5.95. The van der Waals surface area contributed by atoms with Gasteiger partial charge >= 0.3 is 0 Å². The molecule has 4 aromatic rings. The van der Waals surface area contributed by atoms with E-state index in [9.17, 15) is 30.0 Å². The zero-order chi connectivity index (χ0) is 28.5. The predicted octanol–water partition coefficient (Wildman–Crippen LogP) is 2.85. The lowest BCUT2D eigenvalue weighted by molar-refractivity contribution is -0.127. The Balaban J connectivity index is 1.42. The fourth-order valence-electron chi connectivity index (χ4n) is 4.02. The van der Waals surface area contributed by atoms with E-state index in [0.29, 0.717) is 24.2 Å². The molecule has 10 heteroatoms. The minimum absolute atomic E-state index is 0.146. The molecule has 1 aromatic heterocycles. The van der Waals surface area contributed by atoms with Gasteiger partial charge in [0.25, 0.3) is 0 Å². The van der Waals surface area contributed by atoms with Crippen molar-refractivity contribution >= 4 is 17.9 Å². The summed E-state index contributed by atoms with van der Waals surface area (Å²) in [5, 5.41) is 43.8. The summed E-state index contributed by atoms with van der Waals surface area (Å²) in [6.45, 7) is 0.846. The minimum Gasteiger partial charge on any atom is -0.504 e. The summed E-state index contributed by atoms with van der Waals surface area (Å²) in [6, 6.07) is 17.5. The monoisotopic (exact) mass is 542 g/mol. The van der Waals surface area contributed by atoms with Crippen LogP contribution in [0.2, 0.25) is 0 Å². The topological polar surface area (TPSA) is 157 Å². The van der Waals surface area contributed by atoms with Gasteiger partial charge in [-0.15, -0.1) is 0 Å². The van der Waals surface area contributed by atoms with Crippen LogP contribution in [0, 0.1) is 0 Å². The fourth-order valence-corrected chi connectivity index (χ4v) is 4.02. The summed E-state index contributed by atoms with van der Waals surface area (Å²) in [7, 11) is 0. The third-order valence-corrected chi connectivity index (χ3v) is 6.12. The Kier molecular flexibility index (Phi) is 9.03. The molecule has 0 saturated heterocycles. The highest BCUT2D eigenvalue weighted by Gasteiger charge is 2.21. The zero-order valence-corrected chi connectivity index (χ0v) is 21.6. The Morgan fingerprint density at radius 3 is 2.33 bits per heavy atom. The molecule has 1 atom stereocenters. The van der Waals surface area contributed by atoms with Gasteiger partial charge in [-0.3, -0.25) is 9.59 Å². The van der Waals surface area contributed by atoms with Gasteiger partial charge in [-0.25, -0.2) is 4.98 Å². The Morgan fingerprint density at radius 2 is 1.60 bits per heavy atom. The number of benzene rings is 3. The average Bonchev–Trinajstić information content (AvgIpc) is 3.38. The molecule has 6 N–H and O–H groups in total. The average molecular weight is 543 g/mol. The van der Waals surface area contributed by atoms with Crippen LogP contribution in [0.5, 0.6) is 23.0 Å². The van der Waals surface area contributed by atoms with Gasteiger partial charge in [-0.05, 0) is 53.5 Å². The van der Waals surface area contributed by atoms with Gasteiger partial charge in [0.15, 0.2) is 23.0 Å².